The maximum atomic E-state index is 14.5. The maximum absolute atomic E-state index is 14.5. The van der Waals surface area contributed by atoms with E-state index in [1.54, 1.807) is 19.2 Å². The zero-order valence-electron chi connectivity index (χ0n) is 21.5. The summed E-state index contributed by atoms with van der Waals surface area (Å²) in [7, 11) is 1.57. The maximum Gasteiger partial charge on any atom is 0.223 e. The smallest absolute Gasteiger partial charge is 0.223 e. The van der Waals surface area contributed by atoms with Gasteiger partial charge in [0.05, 0.1) is 19.8 Å². The molecule has 198 valence electrons. The Balaban J connectivity index is 1.07. The molecule has 2 aromatic rings. The molecule has 2 saturated heterocycles. The van der Waals surface area contributed by atoms with Gasteiger partial charge in [-0.15, -0.1) is 0 Å². The van der Waals surface area contributed by atoms with E-state index in [9.17, 15) is 9.18 Å². The van der Waals surface area contributed by atoms with Crippen LogP contribution in [0.4, 0.5) is 4.39 Å². The van der Waals surface area contributed by atoms with E-state index >= 15 is 0 Å². The van der Waals surface area contributed by atoms with Crippen LogP contribution in [0.5, 0.6) is 11.5 Å². The molecule has 7 nitrogen and oxygen atoms in total. The summed E-state index contributed by atoms with van der Waals surface area (Å²) in [6.45, 7) is 2.86. The molecular formula is C29H37FN4O3. The second-order valence-electron chi connectivity index (χ2n) is 11.0. The molecule has 0 aromatic heterocycles. The number of fused-ring (bicyclic) bond motifs is 2. The molecule has 1 amide bonds. The predicted molar refractivity (Wildman–Crippen MR) is 139 cm³/mol. The van der Waals surface area contributed by atoms with Crippen molar-refractivity contribution >= 4 is 5.91 Å². The van der Waals surface area contributed by atoms with Crippen molar-refractivity contribution in [1.82, 2.24) is 21.1 Å². The number of nitrogens with zero attached hydrogens (tertiary/aromatic N) is 1. The first-order valence-corrected chi connectivity index (χ1v) is 13.7. The molecule has 5 atom stereocenters. The highest BCUT2D eigenvalue weighted by molar-refractivity contribution is 5.79. The number of rotatable bonds is 6. The molecule has 3 N–H and O–H groups in total. The van der Waals surface area contributed by atoms with Gasteiger partial charge in [-0.2, -0.15) is 0 Å². The Bertz CT molecular complexity index is 1140. The lowest BCUT2D eigenvalue weighted by atomic mass is 9.74. The fourth-order valence-corrected chi connectivity index (χ4v) is 6.77. The average Bonchev–Trinajstić information content (AvgIpc) is 3.56. The molecule has 0 radical (unpaired) electrons. The Labute approximate surface area is 218 Å². The Morgan fingerprint density at radius 2 is 2.14 bits per heavy atom. The van der Waals surface area contributed by atoms with E-state index in [-0.39, 0.29) is 29.7 Å². The van der Waals surface area contributed by atoms with Crippen molar-refractivity contribution in [3.63, 3.8) is 0 Å². The van der Waals surface area contributed by atoms with Crippen LogP contribution in [0.3, 0.4) is 0 Å². The number of hydrazine groups is 1. The summed E-state index contributed by atoms with van der Waals surface area (Å²) in [4.78, 5) is 15.6. The second-order valence-corrected chi connectivity index (χ2v) is 11.0. The molecule has 0 spiro atoms. The van der Waals surface area contributed by atoms with Crippen molar-refractivity contribution in [2.45, 2.75) is 63.2 Å². The minimum atomic E-state index is -0.244. The van der Waals surface area contributed by atoms with E-state index in [1.165, 1.54) is 17.2 Å². The summed E-state index contributed by atoms with van der Waals surface area (Å²) in [5.41, 5.74) is 10.2. The van der Waals surface area contributed by atoms with E-state index in [1.807, 2.05) is 0 Å². The number of ether oxygens (including phenoxy) is 2. The first-order chi connectivity index (χ1) is 18.1. The van der Waals surface area contributed by atoms with Crippen molar-refractivity contribution in [1.29, 1.82) is 0 Å². The van der Waals surface area contributed by atoms with Crippen LogP contribution in [0, 0.1) is 17.7 Å². The van der Waals surface area contributed by atoms with Crippen molar-refractivity contribution in [2.75, 3.05) is 26.8 Å². The third kappa shape index (κ3) is 5.07. The van der Waals surface area contributed by atoms with Crippen molar-refractivity contribution in [3.05, 3.63) is 58.9 Å². The quantitative estimate of drug-likeness (QED) is 0.555. The number of likely N-dealkylation sites (tertiary alicyclic amines) is 1. The van der Waals surface area contributed by atoms with Gasteiger partial charge in [0.25, 0.3) is 0 Å². The third-order valence-corrected chi connectivity index (χ3v) is 8.72. The molecule has 4 aliphatic rings. The van der Waals surface area contributed by atoms with Gasteiger partial charge < -0.3 is 14.8 Å². The number of hydrogen-bond donors (Lipinski definition) is 3. The normalized spacial score (nSPS) is 29.3. The van der Waals surface area contributed by atoms with Gasteiger partial charge in [0.2, 0.25) is 5.91 Å². The highest BCUT2D eigenvalue weighted by atomic mass is 19.1. The topological polar surface area (TPSA) is 74.9 Å². The number of hydrogen-bond acceptors (Lipinski definition) is 6. The number of amides is 1. The van der Waals surface area contributed by atoms with Gasteiger partial charge in [-0.1, -0.05) is 18.2 Å². The summed E-state index contributed by atoms with van der Waals surface area (Å²) < 4.78 is 25.5. The number of piperidine rings is 1. The van der Waals surface area contributed by atoms with Crippen molar-refractivity contribution in [2.24, 2.45) is 11.8 Å². The van der Waals surface area contributed by atoms with Crippen LogP contribution < -0.4 is 25.6 Å². The van der Waals surface area contributed by atoms with Gasteiger partial charge in [-0.25, -0.2) is 9.82 Å². The molecule has 0 bridgehead atoms. The third-order valence-electron chi connectivity index (χ3n) is 8.72. The van der Waals surface area contributed by atoms with E-state index < -0.39 is 0 Å². The van der Waals surface area contributed by atoms with Crippen LogP contribution in [-0.4, -0.2) is 49.7 Å². The molecule has 6 rings (SSSR count). The number of halogens is 1. The second kappa shape index (κ2) is 10.6. The number of carbonyl (C=O) groups excluding carboxylic acids is 1. The Morgan fingerprint density at radius 1 is 1.22 bits per heavy atom. The van der Waals surface area contributed by atoms with Gasteiger partial charge in [-0.05, 0) is 73.9 Å². The fourth-order valence-electron chi connectivity index (χ4n) is 6.77. The van der Waals surface area contributed by atoms with E-state index in [0.29, 0.717) is 29.8 Å². The molecule has 3 heterocycles. The fraction of sp³-hybridized carbons (Fsp3) is 0.552. The van der Waals surface area contributed by atoms with E-state index in [2.05, 4.69) is 39.3 Å². The summed E-state index contributed by atoms with van der Waals surface area (Å²) in [6.07, 6.45) is 5.66. The van der Waals surface area contributed by atoms with Gasteiger partial charge >= 0.3 is 0 Å². The van der Waals surface area contributed by atoms with E-state index in [4.69, 9.17) is 9.47 Å². The zero-order valence-corrected chi connectivity index (χ0v) is 21.5. The summed E-state index contributed by atoms with van der Waals surface area (Å²) >= 11 is 0. The molecule has 1 saturated carbocycles. The first-order valence-electron chi connectivity index (χ1n) is 13.7. The lowest BCUT2D eigenvalue weighted by molar-refractivity contribution is -0.127. The minimum absolute atomic E-state index is 0.0187. The molecule has 8 heteroatoms. The summed E-state index contributed by atoms with van der Waals surface area (Å²) in [6, 6.07) is 12.2. The van der Waals surface area contributed by atoms with Gasteiger partial charge in [0.1, 0.15) is 17.3 Å². The number of carbonyl (C=O) groups is 1. The van der Waals surface area contributed by atoms with E-state index in [0.717, 1.165) is 64.0 Å². The van der Waals surface area contributed by atoms with Crippen LogP contribution in [0.2, 0.25) is 0 Å². The summed E-state index contributed by atoms with van der Waals surface area (Å²) in [5.74, 6) is 1.90. The molecule has 3 fully saturated rings. The first kappa shape index (κ1) is 24.6. The molecular weight excluding hydrogens is 471 g/mol. The number of nitrogens with one attached hydrogen (secondary N) is 3. The predicted octanol–water partition coefficient (Wildman–Crippen LogP) is 3.48. The van der Waals surface area contributed by atoms with Gasteiger partial charge in [-0.3, -0.25) is 15.1 Å². The molecule has 5 unspecified atom stereocenters. The van der Waals surface area contributed by atoms with Crippen LogP contribution in [0.25, 0.3) is 0 Å². The van der Waals surface area contributed by atoms with Gasteiger partial charge in [0, 0.05) is 43.1 Å². The monoisotopic (exact) mass is 508 g/mol. The highest BCUT2D eigenvalue weighted by Crippen LogP contribution is 2.41. The lowest BCUT2D eigenvalue weighted by Crippen LogP contribution is -2.50. The molecule has 1 aliphatic carbocycles. The van der Waals surface area contributed by atoms with Crippen LogP contribution >= 0.6 is 0 Å². The SMILES string of the molecule is COc1cccc(F)c1CN1CCCC(NC(=O)C2CCC3NNC(c4ccc5c(c4)CCO5)C3C2)C1. The standard InChI is InChI=1S/C29H37FN4O3/c1-36-27-6-2-5-24(30)23(27)17-34-12-3-4-21(16-34)31-29(35)20-7-9-25-22(15-20)28(33-32-25)19-8-10-26-18(14-19)11-13-37-26/h2,5-6,8,10,14,20-22,25,28,32-33H,3-4,7,9,11-13,15-17H2,1H3,(H,31,35). The van der Waals surface area contributed by atoms with Crippen LogP contribution in [0.15, 0.2) is 36.4 Å². The van der Waals surface area contributed by atoms with Crippen LogP contribution in [-0.2, 0) is 17.8 Å². The number of methoxy groups -OCH3 is 1. The minimum Gasteiger partial charge on any atom is -0.496 e. The Hall–Kier alpha value is -2.68. The highest BCUT2D eigenvalue weighted by Gasteiger charge is 2.43. The number of benzene rings is 2. The lowest BCUT2D eigenvalue weighted by Gasteiger charge is -2.36. The Kier molecular flexibility index (Phi) is 7.06. The molecule has 3 aliphatic heterocycles. The average molecular weight is 509 g/mol. The zero-order chi connectivity index (χ0) is 25.4. The Morgan fingerprint density at radius 3 is 3.03 bits per heavy atom. The summed E-state index contributed by atoms with van der Waals surface area (Å²) in [5, 5.41) is 3.35. The molecule has 2 aromatic carbocycles. The van der Waals surface area contributed by atoms with Gasteiger partial charge in [0.15, 0.2) is 0 Å². The van der Waals surface area contributed by atoms with Crippen molar-refractivity contribution < 1.29 is 18.7 Å². The largest absolute Gasteiger partial charge is 0.496 e. The van der Waals surface area contributed by atoms with Crippen molar-refractivity contribution in [3.8, 4) is 11.5 Å². The van der Waals surface area contributed by atoms with Crippen LogP contribution in [0.1, 0.15) is 54.8 Å². The molecule has 37 heavy (non-hydrogen) atoms.